The van der Waals surface area contributed by atoms with E-state index in [0.29, 0.717) is 17.1 Å². The molecule has 0 unspecified atom stereocenters. The lowest BCUT2D eigenvalue weighted by molar-refractivity contribution is -0.385. The lowest BCUT2D eigenvalue weighted by atomic mass is 10.1. The molecule has 2 aromatic carbocycles. The summed E-state index contributed by atoms with van der Waals surface area (Å²) < 4.78 is 13.2. The molecule has 1 N–H and O–H groups in total. The van der Waals surface area contributed by atoms with Crippen molar-refractivity contribution in [2.24, 2.45) is 0 Å². The molecule has 0 aliphatic heterocycles. The van der Waals surface area contributed by atoms with Crippen LogP contribution in [0.2, 0.25) is 5.02 Å². The van der Waals surface area contributed by atoms with Crippen molar-refractivity contribution in [3.63, 3.8) is 0 Å². The lowest BCUT2D eigenvalue weighted by Gasteiger charge is -2.06. The first-order valence-electron chi connectivity index (χ1n) is 6.44. The van der Waals surface area contributed by atoms with Gasteiger partial charge in [-0.2, -0.15) is 0 Å². The van der Waals surface area contributed by atoms with Crippen LogP contribution in [0.15, 0.2) is 42.5 Å². The van der Waals surface area contributed by atoms with E-state index < -0.39 is 10.7 Å². The molecular weight excluding hydrogens is 295 g/mol. The molecule has 6 heteroatoms. The van der Waals surface area contributed by atoms with Gasteiger partial charge in [0, 0.05) is 23.2 Å². The molecule has 0 saturated carbocycles. The second kappa shape index (κ2) is 7.15. The smallest absolute Gasteiger partial charge is 0.274 e. The van der Waals surface area contributed by atoms with Crippen LogP contribution in [0.1, 0.15) is 11.1 Å². The van der Waals surface area contributed by atoms with E-state index in [1.165, 1.54) is 12.1 Å². The molecule has 0 amide bonds. The monoisotopic (exact) mass is 308 g/mol. The van der Waals surface area contributed by atoms with Gasteiger partial charge in [-0.25, -0.2) is 4.39 Å². The Labute approximate surface area is 126 Å². The van der Waals surface area contributed by atoms with Crippen molar-refractivity contribution in [3.8, 4) is 0 Å². The fourth-order valence-electron chi connectivity index (χ4n) is 1.98. The molecule has 0 aliphatic carbocycles. The van der Waals surface area contributed by atoms with Gasteiger partial charge in [-0.3, -0.25) is 10.1 Å². The topological polar surface area (TPSA) is 55.2 Å². The standard InChI is InChI=1S/C15H14ClFN2O2/c16-13-3-1-11(2-4-13)7-8-18-10-12-9-14(17)5-6-15(12)19(20)21/h1-6,9,18H,7-8,10H2. The van der Waals surface area contributed by atoms with Gasteiger partial charge in [0.15, 0.2) is 0 Å². The number of nitrogens with one attached hydrogen (secondary N) is 1. The van der Waals surface area contributed by atoms with Crippen LogP contribution >= 0.6 is 11.6 Å². The van der Waals surface area contributed by atoms with E-state index in [-0.39, 0.29) is 12.2 Å². The second-order valence-electron chi connectivity index (χ2n) is 4.58. The summed E-state index contributed by atoms with van der Waals surface area (Å²) in [7, 11) is 0. The van der Waals surface area contributed by atoms with E-state index in [0.717, 1.165) is 18.1 Å². The van der Waals surface area contributed by atoms with Gasteiger partial charge in [0.2, 0.25) is 0 Å². The maximum Gasteiger partial charge on any atom is 0.274 e. The quantitative estimate of drug-likeness (QED) is 0.503. The van der Waals surface area contributed by atoms with Crippen molar-refractivity contribution >= 4 is 17.3 Å². The molecule has 0 spiro atoms. The first kappa shape index (κ1) is 15.4. The summed E-state index contributed by atoms with van der Waals surface area (Å²) in [6.07, 6.45) is 0.764. The summed E-state index contributed by atoms with van der Waals surface area (Å²) >= 11 is 5.80. The van der Waals surface area contributed by atoms with E-state index in [2.05, 4.69) is 5.32 Å². The highest BCUT2D eigenvalue weighted by atomic mass is 35.5. The maximum absolute atomic E-state index is 13.2. The molecule has 2 aromatic rings. The predicted octanol–water partition coefficient (Wildman–Crippen LogP) is 3.72. The molecule has 0 fully saturated rings. The number of hydrogen-bond donors (Lipinski definition) is 1. The lowest BCUT2D eigenvalue weighted by Crippen LogP contribution is -2.17. The van der Waals surface area contributed by atoms with E-state index in [9.17, 15) is 14.5 Å². The zero-order valence-electron chi connectivity index (χ0n) is 11.2. The minimum atomic E-state index is -0.504. The Hall–Kier alpha value is -1.98. The minimum absolute atomic E-state index is 0.0737. The number of nitro benzene ring substituents is 1. The molecule has 110 valence electrons. The molecule has 0 aromatic heterocycles. The summed E-state index contributed by atoms with van der Waals surface area (Å²) in [6.45, 7) is 0.886. The molecule has 0 atom stereocenters. The number of nitro groups is 1. The van der Waals surface area contributed by atoms with Gasteiger partial charge in [-0.05, 0) is 42.8 Å². The minimum Gasteiger partial charge on any atom is -0.312 e. The van der Waals surface area contributed by atoms with Crippen LogP contribution in [0, 0.1) is 15.9 Å². The Bertz CT molecular complexity index is 632. The third-order valence-electron chi connectivity index (χ3n) is 3.06. The molecule has 0 heterocycles. The number of hydrogen-bond acceptors (Lipinski definition) is 3. The molecule has 0 radical (unpaired) electrons. The third kappa shape index (κ3) is 4.51. The molecule has 21 heavy (non-hydrogen) atoms. The van der Waals surface area contributed by atoms with Crippen molar-refractivity contribution in [1.82, 2.24) is 5.32 Å². The van der Waals surface area contributed by atoms with E-state index >= 15 is 0 Å². The molecule has 0 bridgehead atoms. The molecule has 0 aliphatic rings. The van der Waals surface area contributed by atoms with E-state index in [1.807, 2.05) is 24.3 Å². The highest BCUT2D eigenvalue weighted by Gasteiger charge is 2.13. The van der Waals surface area contributed by atoms with Crippen LogP contribution in [0.5, 0.6) is 0 Å². The summed E-state index contributed by atoms with van der Waals surface area (Å²) in [4.78, 5) is 10.4. The Morgan fingerprint density at radius 1 is 1.19 bits per heavy atom. The summed E-state index contributed by atoms with van der Waals surface area (Å²) in [5, 5.41) is 14.6. The predicted molar refractivity (Wildman–Crippen MR) is 79.9 cm³/mol. The average molecular weight is 309 g/mol. The van der Waals surface area contributed by atoms with Gasteiger partial charge in [0.05, 0.1) is 4.92 Å². The van der Waals surface area contributed by atoms with Gasteiger partial charge in [-0.15, -0.1) is 0 Å². The first-order valence-corrected chi connectivity index (χ1v) is 6.82. The normalized spacial score (nSPS) is 10.6. The number of halogens is 2. The van der Waals surface area contributed by atoms with Gasteiger partial charge in [0.1, 0.15) is 5.82 Å². The highest BCUT2D eigenvalue weighted by molar-refractivity contribution is 6.30. The summed E-state index contributed by atoms with van der Waals surface area (Å²) in [6, 6.07) is 10.9. The zero-order valence-corrected chi connectivity index (χ0v) is 11.9. The highest BCUT2D eigenvalue weighted by Crippen LogP contribution is 2.19. The maximum atomic E-state index is 13.2. The zero-order chi connectivity index (χ0) is 15.2. The summed E-state index contributed by atoms with van der Waals surface area (Å²) in [5.41, 5.74) is 1.38. The average Bonchev–Trinajstić information content (AvgIpc) is 2.45. The number of benzene rings is 2. The number of nitrogens with zero attached hydrogens (tertiary/aromatic N) is 1. The van der Waals surface area contributed by atoms with Crippen molar-refractivity contribution in [1.29, 1.82) is 0 Å². The van der Waals surface area contributed by atoms with Crippen molar-refractivity contribution in [2.75, 3.05) is 6.54 Å². The van der Waals surface area contributed by atoms with Gasteiger partial charge >= 0.3 is 0 Å². The Kier molecular flexibility index (Phi) is 5.25. The van der Waals surface area contributed by atoms with Crippen LogP contribution in [0.4, 0.5) is 10.1 Å². The fraction of sp³-hybridized carbons (Fsp3) is 0.200. The third-order valence-corrected chi connectivity index (χ3v) is 3.31. The van der Waals surface area contributed by atoms with Crippen LogP contribution in [-0.4, -0.2) is 11.5 Å². The van der Waals surface area contributed by atoms with Crippen molar-refractivity contribution in [2.45, 2.75) is 13.0 Å². The van der Waals surface area contributed by atoms with Gasteiger partial charge < -0.3 is 5.32 Å². The molecular formula is C15H14ClFN2O2. The van der Waals surface area contributed by atoms with Crippen LogP contribution in [-0.2, 0) is 13.0 Å². The van der Waals surface area contributed by atoms with E-state index in [1.54, 1.807) is 0 Å². The van der Waals surface area contributed by atoms with Crippen LogP contribution in [0.25, 0.3) is 0 Å². The Balaban J connectivity index is 1.90. The van der Waals surface area contributed by atoms with Gasteiger partial charge in [-0.1, -0.05) is 23.7 Å². The Morgan fingerprint density at radius 3 is 2.57 bits per heavy atom. The first-order chi connectivity index (χ1) is 10.1. The second-order valence-corrected chi connectivity index (χ2v) is 5.02. The van der Waals surface area contributed by atoms with Crippen LogP contribution in [0.3, 0.4) is 0 Å². The number of rotatable bonds is 6. The van der Waals surface area contributed by atoms with Gasteiger partial charge in [0.25, 0.3) is 5.69 Å². The molecule has 2 rings (SSSR count). The Morgan fingerprint density at radius 2 is 1.90 bits per heavy atom. The van der Waals surface area contributed by atoms with E-state index in [4.69, 9.17) is 11.6 Å². The van der Waals surface area contributed by atoms with Crippen LogP contribution < -0.4 is 5.32 Å². The van der Waals surface area contributed by atoms with Crippen molar-refractivity contribution < 1.29 is 9.31 Å². The fourth-order valence-corrected chi connectivity index (χ4v) is 2.11. The SMILES string of the molecule is O=[N+]([O-])c1ccc(F)cc1CNCCc1ccc(Cl)cc1. The molecule has 0 saturated heterocycles. The largest absolute Gasteiger partial charge is 0.312 e. The summed E-state index contributed by atoms with van der Waals surface area (Å²) in [5.74, 6) is -0.477. The van der Waals surface area contributed by atoms with Crippen molar-refractivity contribution in [3.05, 3.63) is 74.5 Å². The molecule has 4 nitrogen and oxygen atoms in total.